The first kappa shape index (κ1) is 16.4. The number of hydrogen-bond donors (Lipinski definition) is 2. The first-order chi connectivity index (χ1) is 12.6. The molecule has 2 N–H and O–H groups in total. The highest BCUT2D eigenvalue weighted by Crippen LogP contribution is 2.26. The number of H-pyrrole nitrogens is 1. The van der Waals surface area contributed by atoms with Crippen LogP contribution in [0, 0.1) is 6.92 Å². The largest absolute Gasteiger partial charge is 0.361 e. The number of fused-ring (bicyclic) bond motifs is 1. The van der Waals surface area contributed by atoms with Crippen LogP contribution in [0.2, 0.25) is 0 Å². The zero-order valence-corrected chi connectivity index (χ0v) is 14.7. The number of anilines is 1. The lowest BCUT2D eigenvalue weighted by molar-refractivity contribution is -0.133. The number of likely N-dealkylation sites (tertiary alicyclic amines) is 1. The van der Waals surface area contributed by atoms with E-state index in [1.54, 1.807) is 4.90 Å². The maximum atomic E-state index is 12.8. The van der Waals surface area contributed by atoms with Gasteiger partial charge in [0.1, 0.15) is 6.04 Å². The topological polar surface area (TPSA) is 65.2 Å². The number of aryl methyl sites for hydroxylation is 1. The Morgan fingerprint density at radius 2 is 1.96 bits per heavy atom. The number of carbonyl (C=O) groups excluding carboxylic acids is 2. The predicted molar refractivity (Wildman–Crippen MR) is 102 cm³/mol. The maximum Gasteiger partial charge on any atom is 0.247 e. The highest BCUT2D eigenvalue weighted by Gasteiger charge is 2.36. The summed E-state index contributed by atoms with van der Waals surface area (Å²) in [5, 5.41) is 4.07. The second-order valence-electron chi connectivity index (χ2n) is 6.74. The molecule has 3 aromatic rings. The standard InChI is InChI=1S/C21H21N3O2/c1-14-6-2-4-8-17(14)23-21(26)19-10-11-20(25)24(19)13-15-12-22-18-9-5-3-7-16(15)18/h2-9,12,19,22H,10-11,13H2,1H3,(H,23,26). The minimum Gasteiger partial charge on any atom is -0.361 e. The Bertz CT molecular complexity index is 976. The summed E-state index contributed by atoms with van der Waals surface area (Å²) in [4.78, 5) is 30.1. The third-order valence-electron chi connectivity index (χ3n) is 5.05. The van der Waals surface area contributed by atoms with Crippen LogP contribution < -0.4 is 5.32 Å². The van der Waals surface area contributed by atoms with Gasteiger partial charge in [0.25, 0.3) is 0 Å². The first-order valence-corrected chi connectivity index (χ1v) is 8.84. The summed E-state index contributed by atoms with van der Waals surface area (Å²) in [6, 6.07) is 15.2. The Kier molecular flexibility index (Phi) is 4.21. The molecule has 1 saturated heterocycles. The third-order valence-corrected chi connectivity index (χ3v) is 5.05. The predicted octanol–water partition coefficient (Wildman–Crippen LogP) is 3.61. The number of para-hydroxylation sites is 2. The lowest BCUT2D eigenvalue weighted by atomic mass is 10.1. The number of amides is 2. The lowest BCUT2D eigenvalue weighted by Crippen LogP contribution is -2.41. The van der Waals surface area contributed by atoms with Crippen molar-refractivity contribution in [2.24, 2.45) is 0 Å². The van der Waals surface area contributed by atoms with Crippen molar-refractivity contribution in [2.45, 2.75) is 32.4 Å². The molecule has 0 bridgehead atoms. The van der Waals surface area contributed by atoms with Crippen molar-refractivity contribution in [2.75, 3.05) is 5.32 Å². The fourth-order valence-corrected chi connectivity index (χ4v) is 3.58. The number of nitrogens with one attached hydrogen (secondary N) is 2. The Morgan fingerprint density at radius 1 is 1.19 bits per heavy atom. The maximum absolute atomic E-state index is 12.8. The van der Waals surface area contributed by atoms with E-state index in [4.69, 9.17) is 0 Å². The average Bonchev–Trinajstić information content (AvgIpc) is 3.22. The number of aromatic amines is 1. The molecule has 0 spiro atoms. The van der Waals surface area contributed by atoms with Gasteiger partial charge in [0, 0.05) is 35.8 Å². The number of benzene rings is 2. The van der Waals surface area contributed by atoms with Crippen molar-refractivity contribution in [3.63, 3.8) is 0 Å². The zero-order chi connectivity index (χ0) is 18.1. The van der Waals surface area contributed by atoms with Gasteiger partial charge >= 0.3 is 0 Å². The molecule has 0 radical (unpaired) electrons. The van der Waals surface area contributed by atoms with E-state index in [2.05, 4.69) is 10.3 Å². The monoisotopic (exact) mass is 347 g/mol. The van der Waals surface area contributed by atoms with Crippen LogP contribution in [0.25, 0.3) is 10.9 Å². The number of carbonyl (C=O) groups is 2. The summed E-state index contributed by atoms with van der Waals surface area (Å²) in [5.41, 5.74) is 3.87. The molecule has 2 aromatic carbocycles. The van der Waals surface area contributed by atoms with Crippen molar-refractivity contribution >= 4 is 28.4 Å². The molecule has 4 rings (SSSR count). The normalized spacial score (nSPS) is 17.0. The summed E-state index contributed by atoms with van der Waals surface area (Å²) >= 11 is 0. The minimum atomic E-state index is -0.434. The number of aromatic nitrogens is 1. The molecular formula is C21H21N3O2. The molecule has 132 valence electrons. The Labute approximate surface area is 152 Å². The Hall–Kier alpha value is -3.08. The smallest absolute Gasteiger partial charge is 0.247 e. The van der Waals surface area contributed by atoms with Gasteiger partial charge in [-0.15, -0.1) is 0 Å². The van der Waals surface area contributed by atoms with Gasteiger partial charge in [-0.25, -0.2) is 0 Å². The van der Waals surface area contributed by atoms with Crippen molar-refractivity contribution in [1.82, 2.24) is 9.88 Å². The fourth-order valence-electron chi connectivity index (χ4n) is 3.58. The summed E-state index contributed by atoms with van der Waals surface area (Å²) in [6.45, 7) is 2.40. The molecule has 0 saturated carbocycles. The minimum absolute atomic E-state index is 0.0280. The van der Waals surface area contributed by atoms with E-state index in [1.165, 1.54) is 0 Å². The van der Waals surface area contributed by atoms with Crippen molar-refractivity contribution < 1.29 is 9.59 Å². The van der Waals surface area contributed by atoms with E-state index in [0.29, 0.717) is 19.4 Å². The quantitative estimate of drug-likeness (QED) is 0.757. The molecule has 1 aromatic heterocycles. The zero-order valence-electron chi connectivity index (χ0n) is 14.7. The highest BCUT2D eigenvalue weighted by molar-refractivity contribution is 5.99. The molecule has 2 heterocycles. The average molecular weight is 347 g/mol. The molecular weight excluding hydrogens is 326 g/mol. The molecule has 1 aliphatic rings. The number of nitrogens with zero attached hydrogens (tertiary/aromatic N) is 1. The Morgan fingerprint density at radius 3 is 2.81 bits per heavy atom. The number of rotatable bonds is 4. The summed E-state index contributed by atoms with van der Waals surface area (Å²) in [7, 11) is 0. The molecule has 1 aliphatic heterocycles. The van der Waals surface area contributed by atoms with E-state index in [0.717, 1.165) is 27.7 Å². The molecule has 1 fully saturated rings. The van der Waals surface area contributed by atoms with Crippen LogP contribution >= 0.6 is 0 Å². The van der Waals surface area contributed by atoms with Crippen LogP contribution in [0.4, 0.5) is 5.69 Å². The lowest BCUT2D eigenvalue weighted by Gasteiger charge is -2.24. The van der Waals surface area contributed by atoms with E-state index in [9.17, 15) is 9.59 Å². The van der Waals surface area contributed by atoms with Gasteiger partial charge < -0.3 is 15.2 Å². The second-order valence-corrected chi connectivity index (χ2v) is 6.74. The third kappa shape index (κ3) is 2.96. The first-order valence-electron chi connectivity index (χ1n) is 8.84. The van der Waals surface area contributed by atoms with Gasteiger partial charge in [-0.1, -0.05) is 36.4 Å². The van der Waals surface area contributed by atoms with Crippen LogP contribution in [-0.4, -0.2) is 27.7 Å². The van der Waals surface area contributed by atoms with Gasteiger partial charge in [0.05, 0.1) is 0 Å². The van der Waals surface area contributed by atoms with E-state index in [-0.39, 0.29) is 11.8 Å². The molecule has 2 amide bonds. The van der Waals surface area contributed by atoms with Crippen LogP contribution in [0.3, 0.4) is 0 Å². The van der Waals surface area contributed by atoms with Crippen LogP contribution in [0.5, 0.6) is 0 Å². The van der Waals surface area contributed by atoms with Gasteiger partial charge in [0.15, 0.2) is 0 Å². The highest BCUT2D eigenvalue weighted by atomic mass is 16.2. The summed E-state index contributed by atoms with van der Waals surface area (Å²) in [5.74, 6) is -0.0924. The van der Waals surface area contributed by atoms with Crippen molar-refractivity contribution in [1.29, 1.82) is 0 Å². The molecule has 5 nitrogen and oxygen atoms in total. The molecule has 0 aliphatic carbocycles. The second kappa shape index (κ2) is 6.67. The Balaban J connectivity index is 1.55. The van der Waals surface area contributed by atoms with Crippen molar-refractivity contribution in [3.8, 4) is 0 Å². The molecule has 1 atom stereocenters. The van der Waals surface area contributed by atoms with Gasteiger partial charge in [-0.3, -0.25) is 9.59 Å². The van der Waals surface area contributed by atoms with Crippen LogP contribution in [-0.2, 0) is 16.1 Å². The number of hydrogen-bond acceptors (Lipinski definition) is 2. The molecule has 1 unspecified atom stereocenters. The fraction of sp³-hybridized carbons (Fsp3) is 0.238. The van der Waals surface area contributed by atoms with E-state index < -0.39 is 6.04 Å². The van der Waals surface area contributed by atoms with Crippen LogP contribution in [0.1, 0.15) is 24.0 Å². The summed E-state index contributed by atoms with van der Waals surface area (Å²) in [6.07, 6.45) is 2.89. The molecule has 26 heavy (non-hydrogen) atoms. The van der Waals surface area contributed by atoms with Gasteiger partial charge in [-0.2, -0.15) is 0 Å². The van der Waals surface area contributed by atoms with E-state index in [1.807, 2.05) is 61.7 Å². The van der Waals surface area contributed by atoms with Gasteiger partial charge in [-0.05, 0) is 36.6 Å². The molecule has 5 heteroatoms. The summed E-state index contributed by atoms with van der Waals surface area (Å²) < 4.78 is 0. The van der Waals surface area contributed by atoms with Gasteiger partial charge in [0.2, 0.25) is 11.8 Å². The van der Waals surface area contributed by atoms with Crippen LogP contribution in [0.15, 0.2) is 54.7 Å². The van der Waals surface area contributed by atoms with E-state index >= 15 is 0 Å². The van der Waals surface area contributed by atoms with Crippen molar-refractivity contribution in [3.05, 3.63) is 65.9 Å². The SMILES string of the molecule is Cc1ccccc1NC(=O)C1CCC(=O)N1Cc1c[nH]c2ccccc12.